The highest BCUT2D eigenvalue weighted by Crippen LogP contribution is 2.30. The van der Waals surface area contributed by atoms with Crippen LogP contribution in [0, 0.1) is 17.5 Å². The van der Waals surface area contributed by atoms with Crippen LogP contribution in [0.15, 0.2) is 12.1 Å². The van der Waals surface area contributed by atoms with E-state index in [2.05, 4.69) is 5.32 Å². The van der Waals surface area contributed by atoms with Crippen LogP contribution in [0.2, 0.25) is 0 Å². The van der Waals surface area contributed by atoms with Crippen molar-refractivity contribution >= 4 is 0 Å². The van der Waals surface area contributed by atoms with Crippen LogP contribution in [0.1, 0.15) is 24.4 Å². The summed E-state index contributed by atoms with van der Waals surface area (Å²) in [5, 5.41) is 12.2. The SMILES string of the molecule is OCCC[C@H](c1ccc(F)c(F)c1F)N1CCNCC1. The van der Waals surface area contributed by atoms with Crippen LogP contribution in [-0.4, -0.2) is 42.8 Å². The van der Waals surface area contributed by atoms with Crippen LogP contribution >= 0.6 is 0 Å². The van der Waals surface area contributed by atoms with Crippen molar-refractivity contribution in [2.75, 3.05) is 32.8 Å². The third-order valence-corrected chi connectivity index (χ3v) is 3.65. The van der Waals surface area contributed by atoms with Crippen LogP contribution in [-0.2, 0) is 0 Å². The van der Waals surface area contributed by atoms with Gasteiger partial charge in [0.25, 0.3) is 0 Å². The molecule has 112 valence electrons. The van der Waals surface area contributed by atoms with Gasteiger partial charge in [-0.25, -0.2) is 13.2 Å². The molecule has 1 saturated heterocycles. The largest absolute Gasteiger partial charge is 0.396 e. The maximum absolute atomic E-state index is 14.0. The van der Waals surface area contributed by atoms with Gasteiger partial charge < -0.3 is 10.4 Å². The molecule has 0 amide bonds. The minimum atomic E-state index is -1.42. The molecular weight excluding hydrogens is 269 g/mol. The first kappa shape index (κ1) is 15.3. The Hall–Kier alpha value is -1.11. The van der Waals surface area contributed by atoms with Crippen LogP contribution in [0.3, 0.4) is 0 Å². The molecule has 0 aromatic heterocycles. The molecule has 2 N–H and O–H groups in total. The van der Waals surface area contributed by atoms with E-state index in [9.17, 15) is 13.2 Å². The molecule has 1 atom stereocenters. The van der Waals surface area contributed by atoms with E-state index in [1.807, 2.05) is 4.90 Å². The number of aliphatic hydroxyl groups is 1. The summed E-state index contributed by atoms with van der Waals surface area (Å²) in [6.45, 7) is 2.98. The highest BCUT2D eigenvalue weighted by atomic mass is 19.2. The summed E-state index contributed by atoms with van der Waals surface area (Å²) >= 11 is 0. The summed E-state index contributed by atoms with van der Waals surface area (Å²) < 4.78 is 40.4. The van der Waals surface area contributed by atoms with E-state index in [-0.39, 0.29) is 18.2 Å². The molecule has 0 radical (unpaired) electrons. The van der Waals surface area contributed by atoms with Crippen molar-refractivity contribution < 1.29 is 18.3 Å². The molecule has 3 nitrogen and oxygen atoms in total. The summed E-state index contributed by atoms with van der Waals surface area (Å²) in [7, 11) is 0. The van der Waals surface area contributed by atoms with Crippen molar-refractivity contribution in [3.63, 3.8) is 0 Å². The van der Waals surface area contributed by atoms with Crippen molar-refractivity contribution in [2.45, 2.75) is 18.9 Å². The number of rotatable bonds is 5. The van der Waals surface area contributed by atoms with Crippen molar-refractivity contribution in [1.29, 1.82) is 0 Å². The molecule has 2 rings (SSSR count). The number of nitrogens with zero attached hydrogens (tertiary/aromatic N) is 1. The Labute approximate surface area is 116 Å². The molecule has 20 heavy (non-hydrogen) atoms. The zero-order chi connectivity index (χ0) is 14.5. The van der Waals surface area contributed by atoms with Gasteiger partial charge in [-0.15, -0.1) is 0 Å². The maximum atomic E-state index is 14.0. The van der Waals surface area contributed by atoms with E-state index in [0.717, 1.165) is 19.2 Å². The van der Waals surface area contributed by atoms with Gasteiger partial charge in [0, 0.05) is 44.4 Å². The highest BCUT2D eigenvalue weighted by Gasteiger charge is 2.26. The lowest BCUT2D eigenvalue weighted by molar-refractivity contribution is 0.151. The summed E-state index contributed by atoms with van der Waals surface area (Å²) in [5.41, 5.74) is 0.166. The van der Waals surface area contributed by atoms with Crippen molar-refractivity contribution in [2.24, 2.45) is 0 Å². The Bertz CT molecular complexity index is 450. The fourth-order valence-electron chi connectivity index (χ4n) is 2.61. The quantitative estimate of drug-likeness (QED) is 0.811. The molecular formula is C14H19F3N2O. The molecule has 1 fully saturated rings. The molecule has 6 heteroatoms. The predicted molar refractivity (Wildman–Crippen MR) is 69.8 cm³/mol. The monoisotopic (exact) mass is 288 g/mol. The summed E-state index contributed by atoms with van der Waals surface area (Å²) in [6, 6.07) is 1.93. The van der Waals surface area contributed by atoms with E-state index in [0.29, 0.717) is 25.9 Å². The number of piperazine rings is 1. The van der Waals surface area contributed by atoms with Gasteiger partial charge in [0.1, 0.15) is 0 Å². The molecule has 0 aliphatic carbocycles. The Balaban J connectivity index is 2.27. The molecule has 0 spiro atoms. The van der Waals surface area contributed by atoms with E-state index in [1.54, 1.807) is 0 Å². The van der Waals surface area contributed by atoms with Gasteiger partial charge in [0.2, 0.25) is 0 Å². The van der Waals surface area contributed by atoms with Gasteiger partial charge in [-0.1, -0.05) is 6.07 Å². The van der Waals surface area contributed by atoms with Crippen molar-refractivity contribution in [1.82, 2.24) is 10.2 Å². The number of hydrogen-bond acceptors (Lipinski definition) is 3. The lowest BCUT2D eigenvalue weighted by Gasteiger charge is -2.35. The Kier molecular flexibility index (Phi) is 5.39. The minimum Gasteiger partial charge on any atom is -0.396 e. The first-order valence-electron chi connectivity index (χ1n) is 6.84. The van der Waals surface area contributed by atoms with Gasteiger partial charge in [-0.3, -0.25) is 4.90 Å². The summed E-state index contributed by atoms with van der Waals surface area (Å²) in [5.74, 6) is -3.72. The second-order valence-electron chi connectivity index (χ2n) is 4.93. The molecule has 1 heterocycles. The normalized spacial score (nSPS) is 18.2. The number of aliphatic hydroxyl groups excluding tert-OH is 1. The lowest BCUT2D eigenvalue weighted by atomic mass is 9.98. The Morgan fingerprint density at radius 1 is 1.15 bits per heavy atom. The van der Waals surface area contributed by atoms with Crippen molar-refractivity contribution in [3.05, 3.63) is 35.1 Å². The number of hydrogen-bond donors (Lipinski definition) is 2. The smallest absolute Gasteiger partial charge is 0.194 e. The first-order chi connectivity index (χ1) is 9.65. The second-order valence-corrected chi connectivity index (χ2v) is 4.93. The zero-order valence-corrected chi connectivity index (χ0v) is 11.2. The summed E-state index contributed by atoms with van der Waals surface area (Å²) in [4.78, 5) is 2.04. The number of benzene rings is 1. The second kappa shape index (κ2) is 7.06. The first-order valence-corrected chi connectivity index (χ1v) is 6.84. The lowest BCUT2D eigenvalue weighted by Crippen LogP contribution is -2.45. The fraction of sp³-hybridized carbons (Fsp3) is 0.571. The van der Waals surface area contributed by atoms with Crippen LogP contribution in [0.25, 0.3) is 0 Å². The van der Waals surface area contributed by atoms with E-state index >= 15 is 0 Å². The minimum absolute atomic E-state index is 0.00607. The van der Waals surface area contributed by atoms with Gasteiger partial charge in [-0.2, -0.15) is 0 Å². The molecule has 1 aromatic carbocycles. The standard InChI is InChI=1S/C14H19F3N2O/c15-11-4-3-10(13(16)14(11)17)12(2-1-9-20)19-7-5-18-6-8-19/h3-4,12,18,20H,1-2,5-9H2/t12-/m1/s1. The Morgan fingerprint density at radius 2 is 1.85 bits per heavy atom. The van der Waals surface area contributed by atoms with Crippen LogP contribution < -0.4 is 5.32 Å². The average molecular weight is 288 g/mol. The predicted octanol–water partition coefficient (Wildman–Crippen LogP) is 1.82. The van der Waals surface area contributed by atoms with Gasteiger partial charge in [0.05, 0.1) is 0 Å². The molecule has 1 aliphatic rings. The maximum Gasteiger partial charge on any atom is 0.194 e. The Morgan fingerprint density at radius 3 is 2.50 bits per heavy atom. The van der Waals surface area contributed by atoms with Gasteiger partial charge >= 0.3 is 0 Å². The molecule has 0 unspecified atom stereocenters. The van der Waals surface area contributed by atoms with E-state index in [4.69, 9.17) is 5.11 Å². The third-order valence-electron chi connectivity index (χ3n) is 3.65. The van der Waals surface area contributed by atoms with Crippen LogP contribution in [0.4, 0.5) is 13.2 Å². The van der Waals surface area contributed by atoms with Crippen molar-refractivity contribution in [3.8, 4) is 0 Å². The number of nitrogens with one attached hydrogen (secondary N) is 1. The van der Waals surface area contributed by atoms with E-state index in [1.165, 1.54) is 6.07 Å². The molecule has 1 aliphatic heterocycles. The van der Waals surface area contributed by atoms with Crippen LogP contribution in [0.5, 0.6) is 0 Å². The average Bonchev–Trinajstić information content (AvgIpc) is 2.48. The highest BCUT2D eigenvalue weighted by molar-refractivity contribution is 5.24. The molecule has 1 aromatic rings. The summed E-state index contributed by atoms with van der Waals surface area (Å²) in [6.07, 6.45) is 1.01. The molecule has 0 saturated carbocycles. The van der Waals surface area contributed by atoms with Gasteiger partial charge in [-0.05, 0) is 18.9 Å². The number of halogens is 3. The topological polar surface area (TPSA) is 35.5 Å². The third kappa shape index (κ3) is 3.31. The molecule has 0 bridgehead atoms. The fourth-order valence-corrected chi connectivity index (χ4v) is 2.61. The van der Waals surface area contributed by atoms with E-state index < -0.39 is 17.5 Å². The zero-order valence-electron chi connectivity index (χ0n) is 11.2. The van der Waals surface area contributed by atoms with Gasteiger partial charge in [0.15, 0.2) is 17.5 Å².